The van der Waals surface area contributed by atoms with Gasteiger partial charge in [-0.2, -0.15) is 0 Å². The van der Waals surface area contributed by atoms with Gasteiger partial charge in [0.05, 0.1) is 17.3 Å². The minimum Gasteiger partial charge on any atom is -0.491 e. The second-order valence-electron chi connectivity index (χ2n) is 5.84. The highest BCUT2D eigenvalue weighted by Gasteiger charge is 2.25. The van der Waals surface area contributed by atoms with Crippen LogP contribution in [0.15, 0.2) is 47.4 Å². The van der Waals surface area contributed by atoms with Crippen LogP contribution in [-0.4, -0.2) is 32.2 Å². The van der Waals surface area contributed by atoms with Crippen molar-refractivity contribution in [2.75, 3.05) is 18.9 Å². The first-order valence-corrected chi connectivity index (χ1v) is 9.59. The van der Waals surface area contributed by atoms with E-state index in [-0.39, 0.29) is 11.5 Å². The molecule has 0 N–H and O–H groups in total. The van der Waals surface area contributed by atoms with Crippen LogP contribution in [0.1, 0.15) is 18.1 Å². The minimum atomic E-state index is -3.26. The highest BCUT2D eigenvalue weighted by Crippen LogP contribution is 2.24. The Hall–Kier alpha value is -1.92. The van der Waals surface area contributed by atoms with E-state index in [1.165, 1.54) is 6.07 Å². The second kappa shape index (κ2) is 6.91. The lowest BCUT2D eigenvalue weighted by Gasteiger charge is -2.20. The fraction of sp³-hybridized carbons (Fsp3) is 0.333. The van der Waals surface area contributed by atoms with Gasteiger partial charge in [0.25, 0.3) is 0 Å². The molecule has 0 saturated heterocycles. The third-order valence-corrected chi connectivity index (χ3v) is 5.87. The van der Waals surface area contributed by atoms with E-state index in [0.717, 1.165) is 11.1 Å². The average molecular weight is 349 g/mol. The molecular formula is C18H20FNO3S. The Morgan fingerprint density at radius 1 is 1.21 bits per heavy atom. The zero-order valence-corrected chi connectivity index (χ0v) is 14.4. The van der Waals surface area contributed by atoms with Gasteiger partial charge in [0.2, 0.25) is 0 Å². The fourth-order valence-electron chi connectivity index (χ4n) is 2.93. The summed E-state index contributed by atoms with van der Waals surface area (Å²) in [6.07, 6.45) is 0. The van der Waals surface area contributed by atoms with Gasteiger partial charge in [0.1, 0.15) is 0 Å². The lowest BCUT2D eigenvalue weighted by atomic mass is 10.1. The van der Waals surface area contributed by atoms with Crippen molar-refractivity contribution in [3.63, 3.8) is 0 Å². The number of sulfone groups is 1. The lowest BCUT2D eigenvalue weighted by molar-refractivity contribution is 0.272. The van der Waals surface area contributed by atoms with Crippen molar-refractivity contribution in [2.24, 2.45) is 0 Å². The normalized spacial score (nSPS) is 17.1. The quantitative estimate of drug-likeness (QED) is 0.851. The molecule has 3 rings (SSSR count). The number of hydrogen-bond acceptors (Lipinski definition) is 4. The Balaban J connectivity index is 1.81. The molecule has 0 bridgehead atoms. The molecule has 0 aliphatic carbocycles. The van der Waals surface area contributed by atoms with Crippen LogP contribution < -0.4 is 4.74 Å². The Kier molecular flexibility index (Phi) is 4.87. The first kappa shape index (κ1) is 16.9. The summed E-state index contributed by atoms with van der Waals surface area (Å²) in [7, 11) is -3.26. The third-order valence-electron chi connectivity index (χ3n) is 4.08. The van der Waals surface area contributed by atoms with E-state index in [2.05, 4.69) is 0 Å². The first-order chi connectivity index (χ1) is 11.5. The molecule has 2 aromatic carbocycles. The number of fused-ring (bicyclic) bond motifs is 1. The molecule has 2 aromatic rings. The molecule has 0 amide bonds. The van der Waals surface area contributed by atoms with E-state index in [1.54, 1.807) is 18.2 Å². The minimum absolute atomic E-state index is 0.0729. The van der Waals surface area contributed by atoms with Gasteiger partial charge < -0.3 is 4.74 Å². The zero-order valence-electron chi connectivity index (χ0n) is 13.5. The predicted molar refractivity (Wildman–Crippen MR) is 90.2 cm³/mol. The van der Waals surface area contributed by atoms with E-state index in [4.69, 9.17) is 4.74 Å². The molecule has 0 atom stereocenters. The zero-order chi connectivity index (χ0) is 17.2. The number of halogens is 1. The maximum atomic E-state index is 14.0. The van der Waals surface area contributed by atoms with Crippen LogP contribution in [0.4, 0.5) is 4.39 Å². The summed E-state index contributed by atoms with van der Waals surface area (Å²) in [5, 5.41) is 0. The SMILES string of the molecule is CCOc1ccc(CN2CCS(=O)(=O)c3ccccc3C2)cc1F. The van der Waals surface area contributed by atoms with Gasteiger partial charge in [0.15, 0.2) is 21.4 Å². The topological polar surface area (TPSA) is 46.6 Å². The molecule has 0 unspecified atom stereocenters. The molecule has 0 fully saturated rings. The molecule has 1 aliphatic heterocycles. The Morgan fingerprint density at radius 2 is 2.00 bits per heavy atom. The van der Waals surface area contributed by atoms with Crippen LogP contribution in [0.2, 0.25) is 0 Å². The number of rotatable bonds is 4. The van der Waals surface area contributed by atoms with Gasteiger partial charge in [-0.15, -0.1) is 0 Å². The van der Waals surface area contributed by atoms with Crippen LogP contribution in [0.3, 0.4) is 0 Å². The molecule has 4 nitrogen and oxygen atoms in total. The Labute approximate surface area is 141 Å². The van der Waals surface area contributed by atoms with E-state index in [0.29, 0.717) is 31.1 Å². The average Bonchev–Trinajstić information content (AvgIpc) is 2.67. The molecule has 24 heavy (non-hydrogen) atoms. The van der Waals surface area contributed by atoms with Gasteiger partial charge >= 0.3 is 0 Å². The van der Waals surface area contributed by atoms with Crippen molar-refractivity contribution in [2.45, 2.75) is 24.9 Å². The maximum absolute atomic E-state index is 14.0. The van der Waals surface area contributed by atoms with Crippen molar-refractivity contribution >= 4 is 9.84 Å². The number of hydrogen-bond donors (Lipinski definition) is 0. The standard InChI is InChI=1S/C18H20FNO3S/c1-2-23-17-8-7-14(11-16(17)19)12-20-9-10-24(21,22)18-6-4-3-5-15(18)13-20/h3-8,11H,2,9-10,12-13H2,1H3. The molecule has 0 spiro atoms. The maximum Gasteiger partial charge on any atom is 0.179 e. The molecule has 1 aliphatic rings. The van der Waals surface area contributed by atoms with E-state index < -0.39 is 15.7 Å². The van der Waals surface area contributed by atoms with Crippen molar-refractivity contribution in [1.82, 2.24) is 4.90 Å². The summed E-state index contributed by atoms with van der Waals surface area (Å²) in [6.45, 7) is 3.67. The van der Waals surface area contributed by atoms with Crippen LogP contribution >= 0.6 is 0 Å². The second-order valence-corrected chi connectivity index (χ2v) is 7.91. The van der Waals surface area contributed by atoms with Gasteiger partial charge in [-0.05, 0) is 36.2 Å². The number of nitrogens with zero attached hydrogens (tertiary/aromatic N) is 1. The summed E-state index contributed by atoms with van der Waals surface area (Å²) in [6, 6.07) is 12.0. The summed E-state index contributed by atoms with van der Waals surface area (Å²) >= 11 is 0. The van der Waals surface area contributed by atoms with Crippen LogP contribution in [0.5, 0.6) is 5.75 Å². The Bertz CT molecular complexity index is 836. The summed E-state index contributed by atoms with van der Waals surface area (Å²) in [5.41, 5.74) is 1.59. The smallest absolute Gasteiger partial charge is 0.179 e. The van der Waals surface area contributed by atoms with E-state index in [9.17, 15) is 12.8 Å². The molecule has 0 radical (unpaired) electrons. The van der Waals surface area contributed by atoms with Gasteiger partial charge in [0, 0.05) is 19.6 Å². The summed E-state index contributed by atoms with van der Waals surface area (Å²) in [5.74, 6) is -0.0778. The van der Waals surface area contributed by atoms with Crippen LogP contribution in [-0.2, 0) is 22.9 Å². The first-order valence-electron chi connectivity index (χ1n) is 7.94. The molecule has 6 heteroatoms. The summed E-state index contributed by atoms with van der Waals surface area (Å²) < 4.78 is 43.9. The predicted octanol–water partition coefficient (Wildman–Crippen LogP) is 3.01. The van der Waals surface area contributed by atoms with Gasteiger partial charge in [-0.25, -0.2) is 12.8 Å². The monoisotopic (exact) mass is 349 g/mol. The highest BCUT2D eigenvalue weighted by molar-refractivity contribution is 7.91. The van der Waals surface area contributed by atoms with Gasteiger partial charge in [-0.3, -0.25) is 4.90 Å². The number of ether oxygens (including phenoxy) is 1. The number of benzene rings is 2. The molecule has 0 saturated carbocycles. The third kappa shape index (κ3) is 3.60. The molecule has 1 heterocycles. The highest BCUT2D eigenvalue weighted by atomic mass is 32.2. The largest absolute Gasteiger partial charge is 0.491 e. The van der Waals surface area contributed by atoms with Crippen LogP contribution in [0.25, 0.3) is 0 Å². The fourth-order valence-corrected chi connectivity index (χ4v) is 4.46. The van der Waals surface area contributed by atoms with E-state index in [1.807, 2.05) is 30.0 Å². The van der Waals surface area contributed by atoms with E-state index >= 15 is 0 Å². The summed E-state index contributed by atoms with van der Waals surface area (Å²) in [4.78, 5) is 2.43. The van der Waals surface area contributed by atoms with Crippen molar-refractivity contribution in [3.8, 4) is 5.75 Å². The van der Waals surface area contributed by atoms with Crippen molar-refractivity contribution in [3.05, 3.63) is 59.4 Å². The molecular weight excluding hydrogens is 329 g/mol. The molecule has 128 valence electrons. The van der Waals surface area contributed by atoms with Crippen molar-refractivity contribution < 1.29 is 17.5 Å². The molecule has 0 aromatic heterocycles. The lowest BCUT2D eigenvalue weighted by Crippen LogP contribution is -2.25. The van der Waals surface area contributed by atoms with Crippen molar-refractivity contribution in [1.29, 1.82) is 0 Å². The Morgan fingerprint density at radius 3 is 2.75 bits per heavy atom. The van der Waals surface area contributed by atoms with Gasteiger partial charge in [-0.1, -0.05) is 24.3 Å². The van der Waals surface area contributed by atoms with Crippen LogP contribution in [0, 0.1) is 5.82 Å².